The quantitative estimate of drug-likeness (QED) is 0.362. The van der Waals surface area contributed by atoms with E-state index in [1.165, 1.54) is 26.0 Å². The van der Waals surface area contributed by atoms with Gasteiger partial charge in [0.05, 0.1) is 38.9 Å². The molecule has 0 aliphatic rings. The van der Waals surface area contributed by atoms with Crippen LogP contribution in [-0.4, -0.2) is 48.8 Å². The average Bonchev–Trinajstić information content (AvgIpc) is 2.81. The van der Waals surface area contributed by atoms with E-state index in [2.05, 4.69) is 20.3 Å². The highest BCUT2D eigenvalue weighted by molar-refractivity contribution is 7.98. The van der Waals surface area contributed by atoms with E-state index >= 15 is 0 Å². The summed E-state index contributed by atoms with van der Waals surface area (Å²) in [5, 5.41) is 3.43. The number of nitrogens with one attached hydrogen (secondary N) is 1. The van der Waals surface area contributed by atoms with Crippen LogP contribution in [0.5, 0.6) is 23.0 Å². The number of nitrogens with zero attached hydrogens (tertiary/aromatic N) is 3. The van der Waals surface area contributed by atoms with Crippen LogP contribution >= 0.6 is 11.8 Å². The first kappa shape index (κ1) is 23.1. The van der Waals surface area contributed by atoms with Gasteiger partial charge >= 0.3 is 0 Å². The molecule has 10 heteroatoms. The van der Waals surface area contributed by atoms with Gasteiger partial charge in [-0.25, -0.2) is 9.97 Å². The number of anilines is 1. The van der Waals surface area contributed by atoms with Crippen LogP contribution in [0.25, 0.3) is 0 Å². The van der Waals surface area contributed by atoms with Crippen molar-refractivity contribution in [2.75, 3.05) is 33.3 Å². The zero-order valence-electron chi connectivity index (χ0n) is 18.2. The third kappa shape index (κ3) is 6.24. The van der Waals surface area contributed by atoms with E-state index in [4.69, 9.17) is 18.9 Å². The van der Waals surface area contributed by atoms with E-state index in [1.807, 2.05) is 13.0 Å². The number of hydrogen-bond donors (Lipinski definition) is 1. The Labute approximate surface area is 190 Å². The Morgan fingerprint density at radius 2 is 1.81 bits per heavy atom. The molecule has 32 heavy (non-hydrogen) atoms. The second-order valence-electron chi connectivity index (χ2n) is 6.50. The predicted octanol–water partition coefficient (Wildman–Crippen LogP) is 3.52. The maximum Gasteiger partial charge on any atom is 0.262 e. The summed E-state index contributed by atoms with van der Waals surface area (Å²) < 4.78 is 21.5. The Balaban J connectivity index is 1.63. The Morgan fingerprint density at radius 1 is 1.00 bits per heavy atom. The lowest BCUT2D eigenvalue weighted by Crippen LogP contribution is -2.20. The van der Waals surface area contributed by atoms with Crippen molar-refractivity contribution in [1.29, 1.82) is 0 Å². The first-order valence-corrected chi connectivity index (χ1v) is 10.6. The number of amides is 1. The molecule has 0 fully saturated rings. The lowest BCUT2D eigenvalue weighted by Gasteiger charge is -2.13. The maximum absolute atomic E-state index is 12.4. The first-order valence-electron chi connectivity index (χ1n) is 9.62. The number of pyridine rings is 1. The molecule has 0 bridgehead atoms. The molecule has 0 unspecified atom stereocenters. The minimum absolute atomic E-state index is 0.219. The SMILES string of the molecule is COc1ccc(NC(=O)COc2cc(CSc3nccc(C)n3)ncc2OC)c(OC)c1. The average molecular weight is 457 g/mol. The summed E-state index contributed by atoms with van der Waals surface area (Å²) in [6, 6.07) is 8.69. The van der Waals surface area contributed by atoms with E-state index in [0.717, 1.165) is 11.4 Å². The number of carbonyl (C=O) groups is 1. The standard InChI is InChI=1S/C22H24N4O5S/c1-14-7-8-23-22(25-14)32-13-15-9-19(20(30-4)11-24-15)31-12-21(27)26-17-6-5-16(28-2)10-18(17)29-3/h5-11H,12-13H2,1-4H3,(H,26,27). The van der Waals surface area contributed by atoms with Gasteiger partial charge in [0.25, 0.3) is 5.91 Å². The highest BCUT2D eigenvalue weighted by atomic mass is 32.2. The molecule has 2 aromatic heterocycles. The minimum Gasteiger partial charge on any atom is -0.497 e. The van der Waals surface area contributed by atoms with Crippen LogP contribution in [0.15, 0.2) is 47.9 Å². The molecule has 3 rings (SSSR count). The monoisotopic (exact) mass is 456 g/mol. The number of ether oxygens (including phenoxy) is 4. The molecule has 0 aliphatic heterocycles. The van der Waals surface area contributed by atoms with Crippen molar-refractivity contribution in [2.24, 2.45) is 0 Å². The van der Waals surface area contributed by atoms with Crippen LogP contribution in [0, 0.1) is 6.92 Å². The molecule has 0 saturated carbocycles. The number of benzene rings is 1. The molecule has 1 amide bonds. The van der Waals surface area contributed by atoms with Crippen LogP contribution in [0.2, 0.25) is 0 Å². The summed E-state index contributed by atoms with van der Waals surface area (Å²) in [5.41, 5.74) is 2.15. The molecule has 0 radical (unpaired) electrons. The second kappa shape index (κ2) is 11.2. The fourth-order valence-electron chi connectivity index (χ4n) is 2.68. The maximum atomic E-state index is 12.4. The summed E-state index contributed by atoms with van der Waals surface area (Å²) in [7, 11) is 4.59. The van der Waals surface area contributed by atoms with Crippen molar-refractivity contribution in [3.8, 4) is 23.0 Å². The Kier molecular flexibility index (Phi) is 8.09. The van der Waals surface area contributed by atoms with Crippen LogP contribution in [0.4, 0.5) is 5.69 Å². The van der Waals surface area contributed by atoms with Gasteiger partial charge in [0.2, 0.25) is 0 Å². The molecule has 9 nitrogen and oxygen atoms in total. The minimum atomic E-state index is -0.351. The van der Waals surface area contributed by atoms with E-state index in [-0.39, 0.29) is 12.5 Å². The van der Waals surface area contributed by atoms with E-state index < -0.39 is 0 Å². The van der Waals surface area contributed by atoms with Crippen molar-refractivity contribution >= 4 is 23.4 Å². The van der Waals surface area contributed by atoms with Crippen LogP contribution in [0.3, 0.4) is 0 Å². The summed E-state index contributed by atoms with van der Waals surface area (Å²) in [6.07, 6.45) is 3.28. The topological polar surface area (TPSA) is 105 Å². The van der Waals surface area contributed by atoms with Gasteiger partial charge in [-0.05, 0) is 25.1 Å². The number of aryl methyl sites for hydroxylation is 1. The number of carbonyl (C=O) groups excluding carboxylic acids is 1. The van der Waals surface area contributed by atoms with Gasteiger partial charge in [-0.1, -0.05) is 11.8 Å². The lowest BCUT2D eigenvalue weighted by molar-refractivity contribution is -0.118. The van der Waals surface area contributed by atoms with Gasteiger partial charge in [0.1, 0.15) is 11.5 Å². The molecule has 168 valence electrons. The van der Waals surface area contributed by atoms with Gasteiger partial charge in [-0.2, -0.15) is 0 Å². The molecule has 0 spiro atoms. The summed E-state index contributed by atoms with van der Waals surface area (Å²) in [4.78, 5) is 25.4. The van der Waals surface area contributed by atoms with Crippen molar-refractivity contribution < 1.29 is 23.7 Å². The van der Waals surface area contributed by atoms with E-state index in [9.17, 15) is 4.79 Å². The Morgan fingerprint density at radius 3 is 2.53 bits per heavy atom. The van der Waals surface area contributed by atoms with E-state index in [1.54, 1.807) is 43.8 Å². The second-order valence-corrected chi connectivity index (χ2v) is 7.44. The zero-order valence-corrected chi connectivity index (χ0v) is 19.1. The fraction of sp³-hybridized carbons (Fsp3) is 0.273. The Hall–Kier alpha value is -3.53. The zero-order chi connectivity index (χ0) is 22.9. The number of rotatable bonds is 10. The molecule has 0 saturated heterocycles. The van der Waals surface area contributed by atoms with Crippen LogP contribution < -0.4 is 24.3 Å². The van der Waals surface area contributed by atoms with Gasteiger partial charge in [0.15, 0.2) is 23.3 Å². The van der Waals surface area contributed by atoms with Crippen molar-refractivity contribution in [1.82, 2.24) is 15.0 Å². The number of hydrogen-bond acceptors (Lipinski definition) is 9. The largest absolute Gasteiger partial charge is 0.497 e. The van der Waals surface area contributed by atoms with Gasteiger partial charge < -0.3 is 24.3 Å². The van der Waals surface area contributed by atoms with Crippen molar-refractivity contribution in [3.63, 3.8) is 0 Å². The summed E-state index contributed by atoms with van der Waals surface area (Å²) >= 11 is 1.46. The Bertz CT molecular complexity index is 1080. The van der Waals surface area contributed by atoms with Crippen LogP contribution in [-0.2, 0) is 10.5 Å². The molecule has 1 aromatic carbocycles. The normalized spacial score (nSPS) is 10.4. The fourth-order valence-corrected chi connectivity index (χ4v) is 3.45. The number of thioether (sulfide) groups is 1. The molecule has 0 aliphatic carbocycles. The first-order chi connectivity index (χ1) is 15.5. The predicted molar refractivity (Wildman–Crippen MR) is 121 cm³/mol. The van der Waals surface area contributed by atoms with Gasteiger partial charge in [-0.3, -0.25) is 9.78 Å². The molecular formula is C22H24N4O5S. The van der Waals surface area contributed by atoms with Crippen LogP contribution in [0.1, 0.15) is 11.4 Å². The highest BCUT2D eigenvalue weighted by Gasteiger charge is 2.13. The summed E-state index contributed by atoms with van der Waals surface area (Å²) in [6.45, 7) is 1.69. The van der Waals surface area contributed by atoms with Crippen molar-refractivity contribution in [3.05, 3.63) is 54.1 Å². The molecule has 3 aromatic rings. The highest BCUT2D eigenvalue weighted by Crippen LogP contribution is 2.30. The third-order valence-corrected chi connectivity index (χ3v) is 5.17. The molecule has 2 heterocycles. The van der Waals surface area contributed by atoms with E-state index in [0.29, 0.717) is 39.6 Å². The molecule has 1 N–H and O–H groups in total. The lowest BCUT2D eigenvalue weighted by atomic mass is 10.2. The van der Waals surface area contributed by atoms with Gasteiger partial charge in [0, 0.05) is 29.8 Å². The van der Waals surface area contributed by atoms with Crippen molar-refractivity contribution in [2.45, 2.75) is 17.8 Å². The smallest absolute Gasteiger partial charge is 0.262 e. The molecular weight excluding hydrogens is 432 g/mol. The number of methoxy groups -OCH3 is 3. The molecule has 0 atom stereocenters. The third-order valence-electron chi connectivity index (χ3n) is 4.27. The summed E-state index contributed by atoms with van der Waals surface area (Å²) in [5.74, 6) is 2.15. The van der Waals surface area contributed by atoms with Gasteiger partial charge in [-0.15, -0.1) is 0 Å². The number of aromatic nitrogens is 3.